The molecule has 35 heavy (non-hydrogen) atoms. The van der Waals surface area contributed by atoms with E-state index in [-0.39, 0.29) is 0 Å². The average Bonchev–Trinajstić information content (AvgIpc) is 3.05. The number of ether oxygens (including phenoxy) is 2. The zero-order valence-electron chi connectivity index (χ0n) is 18.9. The highest BCUT2D eigenvalue weighted by Gasteiger charge is 2.18. The number of benzene rings is 2. The minimum atomic E-state index is -0.447. The van der Waals surface area contributed by atoms with E-state index in [0.717, 1.165) is 27.9 Å². The van der Waals surface area contributed by atoms with Crippen LogP contribution in [0.4, 0.5) is 0 Å². The van der Waals surface area contributed by atoms with Gasteiger partial charge in [0.25, 0.3) is 11.5 Å². The lowest BCUT2D eigenvalue weighted by Gasteiger charge is -2.12. The number of hydrogen-bond donors (Lipinski definition) is 1. The number of nitrogens with zero attached hydrogens (tertiary/aromatic N) is 4. The smallest absolute Gasteiger partial charge is 0.280 e. The summed E-state index contributed by atoms with van der Waals surface area (Å²) in [6.45, 7) is 3.00. The fourth-order valence-electron chi connectivity index (χ4n) is 4.29. The summed E-state index contributed by atoms with van der Waals surface area (Å²) in [5.74, 6) is 0.662. The number of carbonyl (C=O) groups excluding carboxylic acids is 1. The highest BCUT2D eigenvalue weighted by atomic mass is 16.5. The lowest BCUT2D eigenvalue weighted by molar-refractivity contribution is 0.101. The van der Waals surface area contributed by atoms with Gasteiger partial charge in [-0.15, -0.1) is 0 Å². The Balaban J connectivity index is 1.37. The van der Waals surface area contributed by atoms with Gasteiger partial charge in [-0.3, -0.25) is 15.0 Å². The topological polar surface area (TPSA) is 99.8 Å². The van der Waals surface area contributed by atoms with Crippen molar-refractivity contribution >= 4 is 22.5 Å². The molecule has 9 heteroatoms. The van der Waals surface area contributed by atoms with Crippen LogP contribution in [0.1, 0.15) is 22.5 Å². The number of amides is 1. The number of hydrogen-bond acceptors (Lipinski definition) is 6. The molecule has 1 aliphatic rings. The van der Waals surface area contributed by atoms with Gasteiger partial charge in [0.2, 0.25) is 0 Å². The van der Waals surface area contributed by atoms with E-state index in [4.69, 9.17) is 9.47 Å². The third-order valence-electron chi connectivity index (χ3n) is 5.98. The lowest BCUT2D eigenvalue weighted by Crippen LogP contribution is -2.33. The third-order valence-corrected chi connectivity index (χ3v) is 5.98. The van der Waals surface area contributed by atoms with Gasteiger partial charge < -0.3 is 9.47 Å². The summed E-state index contributed by atoms with van der Waals surface area (Å²) in [5, 5.41) is 4.97. The highest BCUT2D eigenvalue weighted by molar-refractivity contribution is 6.00. The Morgan fingerprint density at radius 1 is 1.03 bits per heavy atom. The quantitative estimate of drug-likeness (QED) is 0.436. The van der Waals surface area contributed by atoms with Crippen molar-refractivity contribution in [2.45, 2.75) is 13.3 Å². The number of rotatable bonds is 3. The predicted molar refractivity (Wildman–Crippen MR) is 131 cm³/mol. The summed E-state index contributed by atoms with van der Waals surface area (Å²) in [6, 6.07) is 16.6. The Kier molecular flexibility index (Phi) is 4.95. The van der Waals surface area contributed by atoms with Crippen molar-refractivity contribution in [2.24, 2.45) is 0 Å². The van der Waals surface area contributed by atoms with Crippen molar-refractivity contribution in [1.82, 2.24) is 19.3 Å². The molecule has 3 aromatic heterocycles. The Morgan fingerprint density at radius 3 is 2.66 bits per heavy atom. The molecule has 174 valence electrons. The summed E-state index contributed by atoms with van der Waals surface area (Å²) in [4.78, 5) is 30.6. The van der Waals surface area contributed by atoms with Crippen molar-refractivity contribution in [1.29, 1.82) is 0 Å². The van der Waals surface area contributed by atoms with E-state index in [1.165, 1.54) is 12.4 Å². The minimum Gasteiger partial charge on any atom is -0.490 e. The van der Waals surface area contributed by atoms with E-state index in [1.807, 2.05) is 37.3 Å². The monoisotopic (exact) mass is 467 g/mol. The van der Waals surface area contributed by atoms with E-state index < -0.39 is 11.5 Å². The van der Waals surface area contributed by atoms with Crippen molar-refractivity contribution in [3.05, 3.63) is 88.6 Å². The van der Waals surface area contributed by atoms with Gasteiger partial charge in [0.15, 0.2) is 17.1 Å². The number of pyridine rings is 1. The van der Waals surface area contributed by atoms with E-state index in [0.29, 0.717) is 46.8 Å². The molecule has 6 rings (SSSR count). The third kappa shape index (κ3) is 3.57. The summed E-state index contributed by atoms with van der Waals surface area (Å²) in [5.41, 5.74) is 6.58. The van der Waals surface area contributed by atoms with Crippen molar-refractivity contribution in [2.75, 3.05) is 18.6 Å². The first-order chi connectivity index (χ1) is 17.1. The van der Waals surface area contributed by atoms with Crippen LogP contribution in [0.5, 0.6) is 11.5 Å². The molecule has 0 atom stereocenters. The second-order valence-corrected chi connectivity index (χ2v) is 8.26. The van der Waals surface area contributed by atoms with E-state index >= 15 is 0 Å². The fraction of sp³-hybridized carbons (Fsp3) is 0.154. The van der Waals surface area contributed by atoms with Crippen LogP contribution in [0.2, 0.25) is 0 Å². The van der Waals surface area contributed by atoms with Crippen molar-refractivity contribution in [3.63, 3.8) is 0 Å². The SMILES string of the molecule is Cc1nn2c(ncc3c(=O)n(NC(=O)c4ccc5c(c4)OCCCO5)ccc32)c1-c1ccccc1. The normalized spacial score (nSPS) is 13.1. The van der Waals surface area contributed by atoms with Gasteiger partial charge in [0, 0.05) is 29.9 Å². The van der Waals surface area contributed by atoms with Crippen LogP contribution in [-0.4, -0.2) is 38.4 Å². The number of aryl methyl sites for hydroxylation is 1. The van der Waals surface area contributed by atoms with E-state index in [1.54, 1.807) is 28.8 Å². The molecule has 9 nitrogen and oxygen atoms in total. The molecule has 0 saturated heterocycles. The van der Waals surface area contributed by atoms with Crippen LogP contribution in [-0.2, 0) is 0 Å². The maximum absolute atomic E-state index is 13.2. The Bertz CT molecular complexity index is 1660. The van der Waals surface area contributed by atoms with Crippen LogP contribution in [0.3, 0.4) is 0 Å². The molecule has 1 aliphatic heterocycles. The zero-order valence-corrected chi connectivity index (χ0v) is 18.9. The van der Waals surface area contributed by atoms with Crippen molar-refractivity contribution in [3.8, 4) is 22.6 Å². The first kappa shape index (κ1) is 20.9. The van der Waals surface area contributed by atoms with Gasteiger partial charge in [-0.25, -0.2) is 14.2 Å². The van der Waals surface area contributed by atoms with Gasteiger partial charge >= 0.3 is 0 Å². The van der Waals surface area contributed by atoms with Crippen LogP contribution >= 0.6 is 0 Å². The molecule has 2 aromatic carbocycles. The highest BCUT2D eigenvalue weighted by Crippen LogP contribution is 2.31. The Labute approximate surface area is 199 Å². The molecule has 0 bridgehead atoms. The number of fused-ring (bicyclic) bond motifs is 4. The summed E-state index contributed by atoms with van der Waals surface area (Å²) < 4.78 is 14.1. The largest absolute Gasteiger partial charge is 0.490 e. The molecule has 1 amide bonds. The molecule has 0 saturated carbocycles. The second kappa shape index (κ2) is 8.28. The van der Waals surface area contributed by atoms with E-state index in [2.05, 4.69) is 15.5 Å². The average molecular weight is 467 g/mol. The second-order valence-electron chi connectivity index (χ2n) is 8.26. The number of nitrogens with one attached hydrogen (secondary N) is 1. The van der Waals surface area contributed by atoms with E-state index in [9.17, 15) is 9.59 Å². The molecule has 0 radical (unpaired) electrons. The molecule has 0 spiro atoms. The molecule has 0 unspecified atom stereocenters. The predicted octanol–water partition coefficient (Wildman–Crippen LogP) is 3.56. The maximum Gasteiger partial charge on any atom is 0.280 e. The van der Waals surface area contributed by atoms with Gasteiger partial charge in [-0.1, -0.05) is 30.3 Å². The number of carbonyl (C=O) groups is 1. The molecule has 4 heterocycles. The van der Waals surface area contributed by atoms with Gasteiger partial charge in [-0.2, -0.15) is 5.10 Å². The molecule has 0 fully saturated rings. The number of aromatic nitrogens is 4. The van der Waals surface area contributed by atoms with Crippen LogP contribution < -0.4 is 20.5 Å². The molecular formula is C26H21N5O4. The first-order valence-electron chi connectivity index (χ1n) is 11.3. The Morgan fingerprint density at radius 2 is 1.83 bits per heavy atom. The van der Waals surface area contributed by atoms with Crippen molar-refractivity contribution < 1.29 is 14.3 Å². The maximum atomic E-state index is 13.2. The molecule has 5 aromatic rings. The first-order valence-corrected chi connectivity index (χ1v) is 11.3. The Hall–Kier alpha value is -4.66. The zero-order chi connectivity index (χ0) is 23.9. The van der Waals surface area contributed by atoms with Crippen LogP contribution in [0.15, 0.2) is 71.8 Å². The van der Waals surface area contributed by atoms with Gasteiger partial charge in [-0.05, 0) is 36.8 Å². The molecule has 0 aliphatic carbocycles. The minimum absolute atomic E-state index is 0.334. The summed E-state index contributed by atoms with van der Waals surface area (Å²) >= 11 is 0. The van der Waals surface area contributed by atoms with Gasteiger partial charge in [0.1, 0.15) is 0 Å². The summed E-state index contributed by atoms with van der Waals surface area (Å²) in [6.07, 6.45) is 3.81. The molecular weight excluding hydrogens is 446 g/mol. The summed E-state index contributed by atoms with van der Waals surface area (Å²) in [7, 11) is 0. The van der Waals surface area contributed by atoms with Gasteiger partial charge in [0.05, 0.1) is 29.8 Å². The van der Waals surface area contributed by atoms with Crippen LogP contribution in [0, 0.1) is 6.92 Å². The molecule has 1 N–H and O–H groups in total. The fourth-order valence-corrected chi connectivity index (χ4v) is 4.29. The standard InChI is InChI=1S/C26H21N5O4/c1-16-23(17-6-3-2-4-7-17)24-27-15-19-20(31(24)28-16)10-11-30(26(19)33)29-25(32)18-8-9-21-22(14-18)35-13-5-12-34-21/h2-4,6-11,14-15H,5,12-13H2,1H3,(H,29,32). The lowest BCUT2D eigenvalue weighted by atomic mass is 10.1. The van der Waals surface area contributed by atoms with Crippen LogP contribution in [0.25, 0.3) is 27.7 Å².